The predicted octanol–water partition coefficient (Wildman–Crippen LogP) is 0.870. The summed E-state index contributed by atoms with van der Waals surface area (Å²) in [5.74, 6) is 8.66. The molecule has 0 atom stereocenters. The van der Waals surface area contributed by atoms with Crippen LogP contribution in [-0.4, -0.2) is 35.6 Å². The molecule has 0 fully saturated rings. The minimum absolute atomic E-state index is 0.647. The number of hydrogen-bond acceptors (Lipinski definition) is 6. The van der Waals surface area contributed by atoms with Gasteiger partial charge in [-0.15, -0.1) is 0 Å². The summed E-state index contributed by atoms with van der Waals surface area (Å²) in [6, 6.07) is 1.84. The third-order valence-corrected chi connectivity index (χ3v) is 2.59. The quantitative estimate of drug-likeness (QED) is 0.575. The van der Waals surface area contributed by atoms with Crippen LogP contribution in [0.15, 0.2) is 6.07 Å². The van der Waals surface area contributed by atoms with Crippen LogP contribution in [0.4, 0.5) is 11.6 Å². The summed E-state index contributed by atoms with van der Waals surface area (Å²) < 4.78 is 0. The lowest BCUT2D eigenvalue weighted by molar-refractivity contribution is 0.918. The van der Waals surface area contributed by atoms with Crippen LogP contribution in [0.3, 0.4) is 0 Å². The molecule has 3 N–H and O–H groups in total. The number of rotatable bonds is 5. The Morgan fingerprint density at radius 2 is 2.27 bits per heavy atom. The smallest absolute Gasteiger partial charge is 0.145 e. The van der Waals surface area contributed by atoms with Crippen molar-refractivity contribution in [2.24, 2.45) is 5.84 Å². The molecular formula is C9H17N5S. The Morgan fingerprint density at radius 1 is 1.53 bits per heavy atom. The van der Waals surface area contributed by atoms with Crippen molar-refractivity contribution in [1.82, 2.24) is 9.97 Å². The van der Waals surface area contributed by atoms with E-state index in [1.54, 1.807) is 0 Å². The van der Waals surface area contributed by atoms with Gasteiger partial charge in [-0.05, 0) is 13.2 Å². The van der Waals surface area contributed by atoms with Crippen molar-refractivity contribution in [3.63, 3.8) is 0 Å². The highest BCUT2D eigenvalue weighted by Gasteiger charge is 2.05. The second-order valence-corrected chi connectivity index (χ2v) is 4.20. The molecule has 0 spiro atoms. The van der Waals surface area contributed by atoms with Gasteiger partial charge in [0.05, 0.1) is 0 Å². The fraction of sp³-hybridized carbons (Fsp3) is 0.556. The number of anilines is 2. The van der Waals surface area contributed by atoms with Gasteiger partial charge in [0.1, 0.15) is 17.5 Å². The normalized spacial score (nSPS) is 10.1. The van der Waals surface area contributed by atoms with E-state index in [4.69, 9.17) is 5.84 Å². The van der Waals surface area contributed by atoms with Crippen LogP contribution >= 0.6 is 11.8 Å². The molecule has 0 saturated heterocycles. The van der Waals surface area contributed by atoms with Crippen molar-refractivity contribution in [2.75, 3.05) is 35.9 Å². The zero-order valence-corrected chi connectivity index (χ0v) is 10.1. The van der Waals surface area contributed by atoms with Gasteiger partial charge in [-0.2, -0.15) is 11.8 Å². The molecule has 0 aliphatic carbocycles. The fourth-order valence-corrected chi connectivity index (χ4v) is 1.62. The maximum absolute atomic E-state index is 5.32. The third kappa shape index (κ3) is 3.56. The summed E-state index contributed by atoms with van der Waals surface area (Å²) in [7, 11) is 2.01. The lowest BCUT2D eigenvalue weighted by atomic mass is 10.4. The van der Waals surface area contributed by atoms with E-state index >= 15 is 0 Å². The molecule has 0 saturated carbocycles. The van der Waals surface area contributed by atoms with Gasteiger partial charge in [0.2, 0.25) is 0 Å². The number of hydrogen-bond donors (Lipinski definition) is 2. The van der Waals surface area contributed by atoms with Gasteiger partial charge in [-0.1, -0.05) is 0 Å². The zero-order valence-electron chi connectivity index (χ0n) is 9.32. The molecule has 0 bridgehead atoms. The van der Waals surface area contributed by atoms with E-state index in [-0.39, 0.29) is 0 Å². The van der Waals surface area contributed by atoms with Crippen molar-refractivity contribution in [2.45, 2.75) is 6.92 Å². The first-order valence-electron chi connectivity index (χ1n) is 4.69. The SMILES string of the molecule is CSCCN(C)c1cc(NN)nc(C)n1. The predicted molar refractivity (Wildman–Crippen MR) is 66.2 cm³/mol. The van der Waals surface area contributed by atoms with Gasteiger partial charge in [0, 0.05) is 25.4 Å². The van der Waals surface area contributed by atoms with Gasteiger partial charge in [-0.25, -0.2) is 15.8 Å². The highest BCUT2D eigenvalue weighted by molar-refractivity contribution is 7.98. The molecule has 0 aliphatic rings. The average molecular weight is 227 g/mol. The van der Waals surface area contributed by atoms with E-state index in [0.29, 0.717) is 5.82 Å². The Morgan fingerprint density at radius 3 is 2.87 bits per heavy atom. The first kappa shape index (κ1) is 12.1. The lowest BCUT2D eigenvalue weighted by Crippen LogP contribution is -2.22. The first-order valence-corrected chi connectivity index (χ1v) is 6.09. The largest absolute Gasteiger partial charge is 0.359 e. The molecule has 6 heteroatoms. The number of aryl methyl sites for hydroxylation is 1. The van der Waals surface area contributed by atoms with E-state index < -0.39 is 0 Å². The van der Waals surface area contributed by atoms with Crippen LogP contribution < -0.4 is 16.2 Å². The topological polar surface area (TPSA) is 67.1 Å². The van der Waals surface area contributed by atoms with E-state index in [1.165, 1.54) is 0 Å². The van der Waals surface area contributed by atoms with Crippen LogP contribution in [0.5, 0.6) is 0 Å². The Kier molecular flexibility index (Phi) is 4.64. The summed E-state index contributed by atoms with van der Waals surface area (Å²) in [6.07, 6.45) is 2.09. The summed E-state index contributed by atoms with van der Waals surface area (Å²) in [4.78, 5) is 10.6. The molecular weight excluding hydrogens is 210 g/mol. The third-order valence-electron chi connectivity index (χ3n) is 1.99. The summed E-state index contributed by atoms with van der Waals surface area (Å²) in [5.41, 5.74) is 2.54. The highest BCUT2D eigenvalue weighted by atomic mass is 32.2. The minimum Gasteiger partial charge on any atom is -0.359 e. The number of nitrogens with one attached hydrogen (secondary N) is 1. The molecule has 84 valence electrons. The van der Waals surface area contributed by atoms with E-state index in [1.807, 2.05) is 31.8 Å². The van der Waals surface area contributed by atoms with Crippen LogP contribution in [0.25, 0.3) is 0 Å². The molecule has 0 aromatic carbocycles. The maximum atomic E-state index is 5.32. The number of hydrazine groups is 1. The molecule has 0 radical (unpaired) electrons. The Balaban J connectivity index is 2.78. The van der Waals surface area contributed by atoms with Crippen molar-refractivity contribution in [3.05, 3.63) is 11.9 Å². The van der Waals surface area contributed by atoms with Gasteiger partial charge in [-0.3, -0.25) is 0 Å². The van der Waals surface area contributed by atoms with Crippen molar-refractivity contribution < 1.29 is 0 Å². The van der Waals surface area contributed by atoms with Crippen molar-refractivity contribution >= 4 is 23.4 Å². The monoisotopic (exact) mass is 227 g/mol. The Hall–Kier alpha value is -1.01. The molecule has 5 nitrogen and oxygen atoms in total. The fourth-order valence-electron chi connectivity index (χ4n) is 1.16. The Bertz CT molecular complexity index is 317. The average Bonchev–Trinajstić information content (AvgIpc) is 2.24. The maximum Gasteiger partial charge on any atom is 0.145 e. The highest BCUT2D eigenvalue weighted by Crippen LogP contribution is 2.13. The summed E-state index contributed by atoms with van der Waals surface area (Å²) >= 11 is 1.81. The van der Waals surface area contributed by atoms with Gasteiger partial charge >= 0.3 is 0 Å². The van der Waals surface area contributed by atoms with E-state index in [0.717, 1.165) is 23.9 Å². The van der Waals surface area contributed by atoms with Crippen LogP contribution in [0.2, 0.25) is 0 Å². The number of aromatic nitrogens is 2. The second-order valence-electron chi connectivity index (χ2n) is 3.22. The molecule has 15 heavy (non-hydrogen) atoms. The summed E-state index contributed by atoms with van der Waals surface area (Å²) in [6.45, 7) is 2.81. The summed E-state index contributed by atoms with van der Waals surface area (Å²) in [5, 5.41) is 0. The molecule has 0 aliphatic heterocycles. The minimum atomic E-state index is 0.647. The molecule has 0 amide bonds. The van der Waals surface area contributed by atoms with Gasteiger partial charge in [0.25, 0.3) is 0 Å². The molecule has 1 aromatic rings. The number of nitrogens with two attached hydrogens (primary N) is 1. The Labute approximate surface area is 94.4 Å². The molecule has 1 heterocycles. The van der Waals surface area contributed by atoms with Crippen LogP contribution in [0.1, 0.15) is 5.82 Å². The van der Waals surface area contributed by atoms with Crippen molar-refractivity contribution in [1.29, 1.82) is 0 Å². The van der Waals surface area contributed by atoms with E-state index in [9.17, 15) is 0 Å². The number of nitrogen functional groups attached to an aromatic ring is 1. The number of thioether (sulfide) groups is 1. The molecule has 1 aromatic heterocycles. The van der Waals surface area contributed by atoms with Gasteiger partial charge < -0.3 is 10.3 Å². The number of nitrogens with zero attached hydrogens (tertiary/aromatic N) is 3. The standard InChI is InChI=1S/C9H17N5S/c1-7-11-8(13-10)6-9(12-7)14(2)4-5-15-3/h6H,4-5,10H2,1-3H3,(H,11,12,13). The van der Waals surface area contributed by atoms with Crippen molar-refractivity contribution in [3.8, 4) is 0 Å². The lowest BCUT2D eigenvalue weighted by Gasteiger charge is -2.18. The van der Waals surface area contributed by atoms with Gasteiger partial charge in [0.15, 0.2) is 0 Å². The van der Waals surface area contributed by atoms with E-state index in [2.05, 4.69) is 26.5 Å². The molecule has 0 unspecified atom stereocenters. The molecule has 1 rings (SSSR count). The first-order chi connectivity index (χ1) is 7.17. The van der Waals surface area contributed by atoms with Crippen LogP contribution in [0, 0.1) is 6.92 Å². The zero-order chi connectivity index (χ0) is 11.3. The second kappa shape index (κ2) is 5.77. The van der Waals surface area contributed by atoms with Crippen LogP contribution in [-0.2, 0) is 0 Å².